The summed E-state index contributed by atoms with van der Waals surface area (Å²) in [5, 5.41) is 3.11. The van der Waals surface area contributed by atoms with Gasteiger partial charge in [-0.3, -0.25) is 0 Å². The topological polar surface area (TPSA) is 38.9 Å². The van der Waals surface area contributed by atoms with E-state index in [0.29, 0.717) is 20.3 Å². The van der Waals surface area contributed by atoms with E-state index < -0.39 is 0 Å². The summed E-state index contributed by atoms with van der Waals surface area (Å²) in [4.78, 5) is 4.26. The highest BCUT2D eigenvalue weighted by molar-refractivity contribution is 9.10. The second-order valence-corrected chi connectivity index (χ2v) is 6.01. The number of benzene rings is 2. The molecular weight excluding hydrogens is 359 g/mol. The Morgan fingerprint density at radius 2 is 1.70 bits per heavy atom. The molecule has 0 saturated carbocycles. The fraction of sp³-hybridized carbons (Fsp3) is 0. The van der Waals surface area contributed by atoms with Gasteiger partial charge >= 0.3 is 0 Å². The Labute approximate surface area is 134 Å². The molecule has 2 aromatic carbocycles. The number of nitrogens with zero attached hydrogens (tertiary/aromatic N) is 1. The molecule has 0 spiro atoms. The van der Waals surface area contributed by atoms with E-state index in [2.05, 4.69) is 20.9 Å². The lowest BCUT2D eigenvalue weighted by molar-refractivity contribution is 1.31. The van der Waals surface area contributed by atoms with Crippen LogP contribution < -0.4 is 5.73 Å². The maximum atomic E-state index is 6.08. The van der Waals surface area contributed by atoms with E-state index in [1.54, 1.807) is 12.3 Å². The molecule has 2 nitrogen and oxygen atoms in total. The molecule has 0 fully saturated rings. The molecule has 1 aromatic heterocycles. The second kappa shape index (κ2) is 5.24. The van der Waals surface area contributed by atoms with Gasteiger partial charge in [0.2, 0.25) is 0 Å². The average molecular weight is 368 g/mol. The van der Waals surface area contributed by atoms with Crippen LogP contribution in [0.25, 0.3) is 21.9 Å². The zero-order chi connectivity index (χ0) is 14.3. The van der Waals surface area contributed by atoms with Crippen LogP contribution in [-0.4, -0.2) is 4.98 Å². The SMILES string of the molecule is Nc1c(Br)ncc2c(-c3cc(Cl)cc(Cl)c3)cccc12. The van der Waals surface area contributed by atoms with E-state index >= 15 is 0 Å². The standard InChI is InChI=1S/C15H9BrCl2N2/c16-15-14(19)12-3-1-2-11(13(12)7-20-15)8-4-9(17)6-10(18)5-8/h1-7H,19H2. The Hall–Kier alpha value is -1.29. The molecule has 100 valence electrons. The van der Waals surface area contributed by atoms with E-state index in [9.17, 15) is 0 Å². The van der Waals surface area contributed by atoms with Crippen LogP contribution in [0, 0.1) is 0 Å². The quantitative estimate of drug-likeness (QED) is 0.572. The van der Waals surface area contributed by atoms with Crippen molar-refractivity contribution in [3.8, 4) is 11.1 Å². The molecule has 0 aliphatic carbocycles. The van der Waals surface area contributed by atoms with Gasteiger partial charge in [-0.1, -0.05) is 41.4 Å². The second-order valence-electron chi connectivity index (χ2n) is 4.39. The molecular formula is C15H9BrCl2N2. The lowest BCUT2D eigenvalue weighted by Gasteiger charge is -2.10. The first-order valence-electron chi connectivity index (χ1n) is 5.85. The predicted octanol–water partition coefficient (Wildman–Crippen LogP) is 5.55. The molecule has 0 aliphatic heterocycles. The number of halogens is 3. The molecule has 1 heterocycles. The van der Waals surface area contributed by atoms with E-state index in [4.69, 9.17) is 28.9 Å². The molecule has 0 aliphatic rings. The highest BCUT2D eigenvalue weighted by Crippen LogP contribution is 2.35. The molecule has 3 aromatic rings. The van der Waals surface area contributed by atoms with Crippen molar-refractivity contribution in [2.75, 3.05) is 5.73 Å². The molecule has 0 saturated heterocycles. The number of hydrogen-bond donors (Lipinski definition) is 1. The third kappa shape index (κ3) is 2.37. The molecule has 20 heavy (non-hydrogen) atoms. The number of aromatic nitrogens is 1. The maximum absolute atomic E-state index is 6.08. The van der Waals surface area contributed by atoms with Crippen molar-refractivity contribution in [3.05, 3.63) is 57.2 Å². The third-order valence-electron chi connectivity index (χ3n) is 3.10. The van der Waals surface area contributed by atoms with Crippen LogP contribution in [0.15, 0.2) is 47.2 Å². The van der Waals surface area contributed by atoms with Crippen LogP contribution >= 0.6 is 39.1 Å². The minimum absolute atomic E-state index is 0.600. The first kappa shape index (κ1) is 13.7. The van der Waals surface area contributed by atoms with Crippen molar-refractivity contribution >= 4 is 55.6 Å². The van der Waals surface area contributed by atoms with Gasteiger partial charge in [0.15, 0.2) is 0 Å². The Morgan fingerprint density at radius 3 is 2.40 bits per heavy atom. The highest BCUT2D eigenvalue weighted by atomic mass is 79.9. The number of anilines is 1. The van der Waals surface area contributed by atoms with Crippen molar-refractivity contribution < 1.29 is 0 Å². The third-order valence-corrected chi connectivity index (χ3v) is 4.17. The van der Waals surface area contributed by atoms with Gasteiger partial charge in [0.1, 0.15) is 4.60 Å². The number of nitrogen functional groups attached to an aromatic ring is 1. The van der Waals surface area contributed by atoms with Gasteiger partial charge in [-0.25, -0.2) is 4.98 Å². The molecule has 0 atom stereocenters. The lowest BCUT2D eigenvalue weighted by atomic mass is 9.99. The Balaban J connectivity index is 2.34. The summed E-state index contributed by atoms with van der Waals surface area (Å²) in [7, 11) is 0. The largest absolute Gasteiger partial charge is 0.396 e. The molecule has 0 unspecified atom stereocenters. The van der Waals surface area contributed by atoms with Gasteiger partial charge in [-0.05, 0) is 45.3 Å². The first-order chi connectivity index (χ1) is 9.56. The maximum Gasteiger partial charge on any atom is 0.129 e. The van der Waals surface area contributed by atoms with Crippen molar-refractivity contribution in [1.82, 2.24) is 4.98 Å². The molecule has 0 radical (unpaired) electrons. The van der Waals surface area contributed by atoms with Crippen LogP contribution in [0.2, 0.25) is 10.0 Å². The Bertz CT molecular complexity index is 798. The average Bonchev–Trinajstić information content (AvgIpc) is 2.41. The first-order valence-corrected chi connectivity index (χ1v) is 7.40. The van der Waals surface area contributed by atoms with Gasteiger partial charge in [-0.2, -0.15) is 0 Å². The monoisotopic (exact) mass is 366 g/mol. The zero-order valence-corrected chi connectivity index (χ0v) is 13.3. The van der Waals surface area contributed by atoms with Crippen molar-refractivity contribution in [1.29, 1.82) is 0 Å². The molecule has 5 heteroatoms. The summed E-state index contributed by atoms with van der Waals surface area (Å²) in [5.74, 6) is 0. The van der Waals surface area contributed by atoms with Crippen LogP contribution in [0.3, 0.4) is 0 Å². The van der Waals surface area contributed by atoms with Gasteiger partial charge in [0, 0.05) is 27.0 Å². The summed E-state index contributed by atoms with van der Waals surface area (Å²) in [6.45, 7) is 0. The summed E-state index contributed by atoms with van der Waals surface area (Å²) in [6, 6.07) is 11.4. The number of fused-ring (bicyclic) bond motifs is 1. The van der Waals surface area contributed by atoms with Crippen molar-refractivity contribution in [2.24, 2.45) is 0 Å². The fourth-order valence-corrected chi connectivity index (χ4v) is 3.04. The van der Waals surface area contributed by atoms with E-state index in [1.807, 2.05) is 30.3 Å². The summed E-state index contributed by atoms with van der Waals surface area (Å²) in [5.41, 5.74) is 8.63. The number of hydrogen-bond acceptors (Lipinski definition) is 2. The lowest BCUT2D eigenvalue weighted by Crippen LogP contribution is -1.92. The minimum atomic E-state index is 0.600. The van der Waals surface area contributed by atoms with Crippen molar-refractivity contribution in [3.63, 3.8) is 0 Å². The van der Waals surface area contributed by atoms with Gasteiger partial charge in [-0.15, -0.1) is 0 Å². The van der Waals surface area contributed by atoms with Crippen LogP contribution in [0.4, 0.5) is 5.69 Å². The Kier molecular flexibility index (Phi) is 3.59. The van der Waals surface area contributed by atoms with E-state index in [0.717, 1.165) is 21.9 Å². The molecule has 3 rings (SSSR count). The molecule has 0 amide bonds. The summed E-state index contributed by atoms with van der Waals surface area (Å²) >= 11 is 15.5. The van der Waals surface area contributed by atoms with Gasteiger partial charge < -0.3 is 5.73 Å². The molecule has 2 N–H and O–H groups in total. The number of nitrogens with two attached hydrogens (primary N) is 1. The summed E-state index contributed by atoms with van der Waals surface area (Å²) < 4.78 is 0.645. The van der Waals surface area contributed by atoms with E-state index in [-0.39, 0.29) is 0 Å². The normalized spacial score (nSPS) is 10.9. The Morgan fingerprint density at radius 1 is 1.00 bits per heavy atom. The van der Waals surface area contributed by atoms with Crippen molar-refractivity contribution in [2.45, 2.75) is 0 Å². The van der Waals surface area contributed by atoms with Crippen LogP contribution in [0.1, 0.15) is 0 Å². The van der Waals surface area contributed by atoms with Gasteiger partial charge in [0.05, 0.1) is 5.69 Å². The highest BCUT2D eigenvalue weighted by Gasteiger charge is 2.09. The number of pyridine rings is 1. The minimum Gasteiger partial charge on any atom is -0.396 e. The number of rotatable bonds is 1. The predicted molar refractivity (Wildman–Crippen MR) is 89.3 cm³/mol. The van der Waals surface area contributed by atoms with E-state index in [1.165, 1.54) is 0 Å². The van der Waals surface area contributed by atoms with Crippen LogP contribution in [-0.2, 0) is 0 Å². The molecule has 0 bridgehead atoms. The van der Waals surface area contributed by atoms with Gasteiger partial charge in [0.25, 0.3) is 0 Å². The zero-order valence-electron chi connectivity index (χ0n) is 10.2. The summed E-state index contributed by atoms with van der Waals surface area (Å²) in [6.07, 6.45) is 1.79. The smallest absolute Gasteiger partial charge is 0.129 e. The van der Waals surface area contributed by atoms with Crippen LogP contribution in [0.5, 0.6) is 0 Å². The fourth-order valence-electron chi connectivity index (χ4n) is 2.20.